The molecule has 0 bridgehead atoms. The predicted octanol–water partition coefficient (Wildman–Crippen LogP) is 0.871. The molecule has 24 heavy (non-hydrogen) atoms. The number of nitrogens with zero attached hydrogens (tertiary/aromatic N) is 5. The maximum absolute atomic E-state index is 12.7. The molecule has 2 fully saturated rings. The van der Waals surface area contributed by atoms with Crippen LogP contribution in [0.3, 0.4) is 0 Å². The zero-order valence-corrected chi connectivity index (χ0v) is 15.1. The molecule has 0 unspecified atom stereocenters. The molecule has 0 aromatic carbocycles. The number of hydrogen-bond acceptors (Lipinski definition) is 6. The van der Waals surface area contributed by atoms with Crippen molar-refractivity contribution in [2.45, 2.75) is 32.6 Å². The van der Waals surface area contributed by atoms with E-state index in [4.69, 9.17) is 0 Å². The SMILES string of the molecule is CCc1nnsc1C(=O)N1CCCN(CC(=O)N2CCCC2)CC1. The van der Waals surface area contributed by atoms with Crippen LogP contribution in [0.2, 0.25) is 0 Å². The number of aryl methyl sites for hydroxylation is 1. The van der Waals surface area contributed by atoms with Crippen LogP contribution in [0.5, 0.6) is 0 Å². The van der Waals surface area contributed by atoms with E-state index in [0.29, 0.717) is 18.0 Å². The fraction of sp³-hybridized carbons (Fsp3) is 0.750. The van der Waals surface area contributed by atoms with E-state index in [0.717, 1.165) is 64.1 Å². The lowest BCUT2D eigenvalue weighted by molar-refractivity contribution is -0.131. The highest BCUT2D eigenvalue weighted by molar-refractivity contribution is 7.08. The van der Waals surface area contributed by atoms with E-state index >= 15 is 0 Å². The maximum Gasteiger partial charge on any atom is 0.267 e. The fourth-order valence-electron chi connectivity index (χ4n) is 3.34. The molecule has 0 atom stereocenters. The number of rotatable bonds is 4. The van der Waals surface area contributed by atoms with E-state index in [1.807, 2.05) is 16.7 Å². The van der Waals surface area contributed by atoms with E-state index < -0.39 is 0 Å². The first-order chi connectivity index (χ1) is 11.7. The molecule has 0 N–H and O–H groups in total. The van der Waals surface area contributed by atoms with Crippen LogP contribution in [0, 0.1) is 0 Å². The molecule has 2 aliphatic heterocycles. The molecular formula is C16H25N5O2S. The second-order valence-corrected chi connectivity index (χ2v) is 7.17. The fourth-order valence-corrected chi connectivity index (χ4v) is 4.05. The molecule has 8 heteroatoms. The van der Waals surface area contributed by atoms with Crippen LogP contribution < -0.4 is 0 Å². The monoisotopic (exact) mass is 351 g/mol. The van der Waals surface area contributed by atoms with Gasteiger partial charge in [0.15, 0.2) is 0 Å². The molecule has 0 spiro atoms. The standard InChI is InChI=1S/C16H25N5O2S/c1-2-13-15(24-18-17-13)16(23)21-9-5-6-19(10-11-21)12-14(22)20-7-3-4-8-20/h2-12H2,1H3. The summed E-state index contributed by atoms with van der Waals surface area (Å²) in [6.45, 7) is 7.27. The van der Waals surface area contributed by atoms with E-state index in [9.17, 15) is 9.59 Å². The van der Waals surface area contributed by atoms with Gasteiger partial charge in [-0.3, -0.25) is 14.5 Å². The molecule has 0 saturated carbocycles. The van der Waals surface area contributed by atoms with Crippen LogP contribution in [0.4, 0.5) is 0 Å². The van der Waals surface area contributed by atoms with Crippen molar-refractivity contribution in [3.63, 3.8) is 0 Å². The van der Waals surface area contributed by atoms with Gasteiger partial charge in [0.1, 0.15) is 4.88 Å². The molecule has 0 aliphatic carbocycles. The number of carbonyl (C=O) groups excluding carboxylic acids is 2. The molecule has 3 rings (SSSR count). The van der Waals surface area contributed by atoms with Gasteiger partial charge in [-0.05, 0) is 37.2 Å². The normalized spacial score (nSPS) is 19.5. The Morgan fingerprint density at radius 2 is 1.75 bits per heavy atom. The summed E-state index contributed by atoms with van der Waals surface area (Å²) < 4.78 is 3.91. The lowest BCUT2D eigenvalue weighted by Gasteiger charge is -2.23. The number of carbonyl (C=O) groups is 2. The van der Waals surface area contributed by atoms with Crippen molar-refractivity contribution in [2.75, 3.05) is 45.8 Å². The Labute approximate surface area is 146 Å². The van der Waals surface area contributed by atoms with Crippen LogP contribution in [-0.4, -0.2) is 81.9 Å². The second-order valence-electron chi connectivity index (χ2n) is 6.41. The number of amides is 2. The zero-order chi connectivity index (χ0) is 16.9. The maximum atomic E-state index is 12.7. The van der Waals surface area contributed by atoms with Crippen molar-refractivity contribution >= 4 is 23.3 Å². The van der Waals surface area contributed by atoms with Crippen LogP contribution >= 0.6 is 11.5 Å². The van der Waals surface area contributed by atoms with Crippen LogP contribution in [0.15, 0.2) is 0 Å². The minimum absolute atomic E-state index is 0.0366. The largest absolute Gasteiger partial charge is 0.342 e. The van der Waals surface area contributed by atoms with Crippen molar-refractivity contribution in [1.82, 2.24) is 24.3 Å². The summed E-state index contributed by atoms with van der Waals surface area (Å²) in [5, 5.41) is 4.03. The molecule has 1 aromatic heterocycles. The quantitative estimate of drug-likeness (QED) is 0.805. The van der Waals surface area contributed by atoms with Crippen LogP contribution in [0.25, 0.3) is 0 Å². The van der Waals surface area contributed by atoms with Gasteiger partial charge in [0.2, 0.25) is 5.91 Å². The predicted molar refractivity (Wildman–Crippen MR) is 92.1 cm³/mol. The van der Waals surface area contributed by atoms with Gasteiger partial charge in [-0.2, -0.15) is 0 Å². The molecule has 2 saturated heterocycles. The van der Waals surface area contributed by atoms with Gasteiger partial charge in [0.05, 0.1) is 12.2 Å². The average molecular weight is 351 g/mol. The zero-order valence-electron chi connectivity index (χ0n) is 14.2. The Morgan fingerprint density at radius 1 is 1.00 bits per heavy atom. The summed E-state index contributed by atoms with van der Waals surface area (Å²) in [6, 6.07) is 0. The first kappa shape index (κ1) is 17.3. The van der Waals surface area contributed by atoms with Crippen molar-refractivity contribution < 1.29 is 9.59 Å². The summed E-state index contributed by atoms with van der Waals surface area (Å²) >= 11 is 1.18. The van der Waals surface area contributed by atoms with Crippen molar-refractivity contribution in [3.05, 3.63) is 10.6 Å². The average Bonchev–Trinajstić information content (AvgIpc) is 3.23. The minimum Gasteiger partial charge on any atom is -0.342 e. The number of hydrogen-bond donors (Lipinski definition) is 0. The smallest absolute Gasteiger partial charge is 0.267 e. The number of likely N-dealkylation sites (tertiary alicyclic amines) is 1. The van der Waals surface area contributed by atoms with Gasteiger partial charge in [-0.25, -0.2) is 0 Å². The molecule has 7 nitrogen and oxygen atoms in total. The summed E-state index contributed by atoms with van der Waals surface area (Å²) in [7, 11) is 0. The summed E-state index contributed by atoms with van der Waals surface area (Å²) in [5.74, 6) is 0.266. The summed E-state index contributed by atoms with van der Waals surface area (Å²) in [4.78, 5) is 31.7. The highest BCUT2D eigenvalue weighted by Gasteiger charge is 2.26. The Bertz CT molecular complexity index is 585. The third-order valence-electron chi connectivity index (χ3n) is 4.78. The molecular weight excluding hydrogens is 326 g/mol. The Hall–Kier alpha value is -1.54. The minimum atomic E-state index is 0.0366. The van der Waals surface area contributed by atoms with Crippen LogP contribution in [0.1, 0.15) is 41.6 Å². The summed E-state index contributed by atoms with van der Waals surface area (Å²) in [6.07, 6.45) is 3.86. The van der Waals surface area contributed by atoms with Gasteiger partial charge in [-0.15, -0.1) is 5.10 Å². The van der Waals surface area contributed by atoms with Crippen LogP contribution in [-0.2, 0) is 11.2 Å². The molecule has 1 aromatic rings. The third-order valence-corrected chi connectivity index (χ3v) is 5.53. The molecule has 2 aliphatic rings. The van der Waals surface area contributed by atoms with Crippen molar-refractivity contribution in [1.29, 1.82) is 0 Å². The van der Waals surface area contributed by atoms with Gasteiger partial charge in [0.25, 0.3) is 5.91 Å². The Kier molecular flexibility index (Phi) is 5.78. The van der Waals surface area contributed by atoms with Crippen molar-refractivity contribution in [2.24, 2.45) is 0 Å². The highest BCUT2D eigenvalue weighted by Crippen LogP contribution is 2.16. The Morgan fingerprint density at radius 3 is 2.50 bits per heavy atom. The third kappa shape index (κ3) is 3.92. The van der Waals surface area contributed by atoms with Gasteiger partial charge < -0.3 is 9.80 Å². The van der Waals surface area contributed by atoms with E-state index in [2.05, 4.69) is 14.5 Å². The van der Waals surface area contributed by atoms with Gasteiger partial charge >= 0.3 is 0 Å². The highest BCUT2D eigenvalue weighted by atomic mass is 32.1. The molecule has 2 amide bonds. The van der Waals surface area contributed by atoms with Gasteiger partial charge in [-0.1, -0.05) is 11.4 Å². The lowest BCUT2D eigenvalue weighted by atomic mass is 10.2. The first-order valence-corrected chi connectivity index (χ1v) is 9.57. The summed E-state index contributed by atoms with van der Waals surface area (Å²) in [5.41, 5.74) is 0.787. The molecule has 132 valence electrons. The Balaban J connectivity index is 1.54. The second kappa shape index (κ2) is 8.02. The first-order valence-electron chi connectivity index (χ1n) is 8.79. The lowest BCUT2D eigenvalue weighted by Crippen LogP contribution is -2.41. The topological polar surface area (TPSA) is 69.6 Å². The van der Waals surface area contributed by atoms with Crippen molar-refractivity contribution in [3.8, 4) is 0 Å². The van der Waals surface area contributed by atoms with E-state index in [-0.39, 0.29) is 11.8 Å². The number of aromatic nitrogens is 2. The molecule has 0 radical (unpaired) electrons. The van der Waals surface area contributed by atoms with Gasteiger partial charge in [0, 0.05) is 39.3 Å². The molecule has 3 heterocycles. The van der Waals surface area contributed by atoms with E-state index in [1.54, 1.807) is 0 Å². The van der Waals surface area contributed by atoms with E-state index in [1.165, 1.54) is 11.5 Å².